The van der Waals surface area contributed by atoms with Crippen molar-refractivity contribution in [2.45, 2.75) is 43.2 Å². The first-order valence-electron chi connectivity index (χ1n) is 7.53. The van der Waals surface area contributed by atoms with Crippen LogP contribution in [0.1, 0.15) is 26.7 Å². The van der Waals surface area contributed by atoms with Crippen LogP contribution in [-0.2, 0) is 19.6 Å². The molecule has 1 aliphatic heterocycles. The molecule has 0 bridgehead atoms. The van der Waals surface area contributed by atoms with E-state index in [1.807, 2.05) is 0 Å². The van der Waals surface area contributed by atoms with E-state index in [1.165, 1.54) is 12.1 Å². The van der Waals surface area contributed by atoms with Gasteiger partial charge in [0.2, 0.25) is 15.9 Å². The molecule has 0 aliphatic carbocycles. The summed E-state index contributed by atoms with van der Waals surface area (Å²) < 4.78 is 31.8. The average molecular weight is 341 g/mol. The van der Waals surface area contributed by atoms with Crippen molar-refractivity contribution in [2.75, 3.05) is 18.5 Å². The van der Waals surface area contributed by atoms with Gasteiger partial charge in [-0.2, -0.15) is 0 Å². The average Bonchev–Trinajstić information content (AvgIpc) is 2.47. The molecule has 0 aromatic heterocycles. The quantitative estimate of drug-likeness (QED) is 0.734. The van der Waals surface area contributed by atoms with Crippen LogP contribution in [-0.4, -0.2) is 39.1 Å². The van der Waals surface area contributed by atoms with Gasteiger partial charge in [0.15, 0.2) is 0 Å². The first-order valence-corrected chi connectivity index (χ1v) is 9.02. The van der Waals surface area contributed by atoms with Gasteiger partial charge in [0.25, 0.3) is 0 Å². The monoisotopic (exact) mass is 341 g/mol. The maximum absolute atomic E-state index is 12.3. The summed E-state index contributed by atoms with van der Waals surface area (Å²) >= 11 is 0. The molecular formula is C15H23N3O4S. The van der Waals surface area contributed by atoms with E-state index < -0.39 is 15.6 Å². The molecule has 1 aromatic carbocycles. The largest absolute Gasteiger partial charge is 0.381 e. The van der Waals surface area contributed by atoms with Crippen molar-refractivity contribution < 1.29 is 17.9 Å². The van der Waals surface area contributed by atoms with Crippen LogP contribution < -0.4 is 15.8 Å². The second kappa shape index (κ2) is 6.96. The number of amides is 1. The number of carbonyl (C=O) groups is 1. The zero-order chi connectivity index (χ0) is 17.1. The van der Waals surface area contributed by atoms with Gasteiger partial charge in [0, 0.05) is 24.9 Å². The fourth-order valence-corrected chi connectivity index (χ4v) is 3.57. The molecule has 1 aromatic rings. The summed E-state index contributed by atoms with van der Waals surface area (Å²) in [4.78, 5) is 12.4. The molecule has 7 nitrogen and oxygen atoms in total. The predicted molar refractivity (Wildman–Crippen MR) is 87.5 cm³/mol. The molecule has 1 amide bonds. The van der Waals surface area contributed by atoms with E-state index in [4.69, 9.17) is 10.5 Å². The number of hydrogen-bond acceptors (Lipinski definition) is 5. The van der Waals surface area contributed by atoms with E-state index in [0.717, 1.165) is 0 Å². The second-order valence-corrected chi connectivity index (χ2v) is 7.74. The number of nitrogens with two attached hydrogens (primary N) is 1. The van der Waals surface area contributed by atoms with Gasteiger partial charge in [0.1, 0.15) is 5.54 Å². The third-order valence-electron chi connectivity index (χ3n) is 3.65. The van der Waals surface area contributed by atoms with Crippen LogP contribution in [0.25, 0.3) is 0 Å². The van der Waals surface area contributed by atoms with Crippen molar-refractivity contribution >= 4 is 21.6 Å². The van der Waals surface area contributed by atoms with Crippen LogP contribution in [0, 0.1) is 0 Å². The molecule has 0 radical (unpaired) electrons. The Bertz CT molecular complexity index is 650. The minimum absolute atomic E-state index is 0.151. The van der Waals surface area contributed by atoms with Gasteiger partial charge < -0.3 is 15.8 Å². The standard InChI is InChI=1S/C15H23N3O4S/c1-11(2)18-23(20,21)13-5-3-12(4-6-13)17-14(19)15(16)7-9-22-10-8-15/h3-6,11,18H,7-10,16H2,1-2H3,(H,17,19). The van der Waals surface area contributed by atoms with Gasteiger partial charge >= 0.3 is 0 Å². The van der Waals surface area contributed by atoms with Crippen molar-refractivity contribution in [3.63, 3.8) is 0 Å². The smallest absolute Gasteiger partial charge is 0.244 e. The predicted octanol–water partition coefficient (Wildman–Crippen LogP) is 0.820. The van der Waals surface area contributed by atoms with Gasteiger partial charge in [-0.25, -0.2) is 13.1 Å². The zero-order valence-electron chi connectivity index (χ0n) is 13.3. The van der Waals surface area contributed by atoms with E-state index in [-0.39, 0.29) is 16.8 Å². The molecule has 0 spiro atoms. The highest BCUT2D eigenvalue weighted by Crippen LogP contribution is 2.21. The topological polar surface area (TPSA) is 111 Å². The van der Waals surface area contributed by atoms with Crippen LogP contribution in [0.15, 0.2) is 29.2 Å². The Morgan fingerprint density at radius 2 is 1.78 bits per heavy atom. The van der Waals surface area contributed by atoms with Gasteiger partial charge in [0.05, 0.1) is 4.90 Å². The van der Waals surface area contributed by atoms with E-state index in [0.29, 0.717) is 31.7 Å². The van der Waals surface area contributed by atoms with E-state index in [9.17, 15) is 13.2 Å². The number of hydrogen-bond donors (Lipinski definition) is 3. The Morgan fingerprint density at radius 1 is 1.22 bits per heavy atom. The van der Waals surface area contributed by atoms with Gasteiger partial charge in [-0.15, -0.1) is 0 Å². The summed E-state index contributed by atoms with van der Waals surface area (Å²) in [6, 6.07) is 5.82. The third kappa shape index (κ3) is 4.51. The molecule has 0 saturated carbocycles. The summed E-state index contributed by atoms with van der Waals surface area (Å²) in [7, 11) is -3.54. The van der Waals surface area contributed by atoms with E-state index in [1.54, 1.807) is 26.0 Å². The number of rotatable bonds is 5. The summed E-state index contributed by atoms with van der Waals surface area (Å²) in [6.45, 7) is 4.42. The van der Waals surface area contributed by atoms with Crippen LogP contribution in [0.3, 0.4) is 0 Å². The van der Waals surface area contributed by atoms with Crippen LogP contribution >= 0.6 is 0 Å². The summed E-state index contributed by atoms with van der Waals surface area (Å²) in [5, 5.41) is 2.74. The highest BCUT2D eigenvalue weighted by Gasteiger charge is 2.35. The maximum Gasteiger partial charge on any atom is 0.244 e. The molecule has 0 atom stereocenters. The van der Waals surface area contributed by atoms with E-state index >= 15 is 0 Å². The normalized spacial score (nSPS) is 17.9. The Kier molecular flexibility index (Phi) is 5.41. The second-order valence-electron chi connectivity index (χ2n) is 6.02. The molecule has 1 aliphatic rings. The number of sulfonamides is 1. The third-order valence-corrected chi connectivity index (χ3v) is 5.33. The Hall–Kier alpha value is -1.48. The Labute approximate surface area is 136 Å². The lowest BCUT2D eigenvalue weighted by Gasteiger charge is -2.31. The van der Waals surface area contributed by atoms with E-state index in [2.05, 4.69) is 10.0 Å². The molecule has 23 heavy (non-hydrogen) atoms. The molecule has 0 unspecified atom stereocenters. The Morgan fingerprint density at radius 3 is 2.30 bits per heavy atom. The van der Waals surface area contributed by atoms with Crippen LogP contribution in [0.5, 0.6) is 0 Å². The van der Waals surface area contributed by atoms with Crippen molar-refractivity contribution in [3.05, 3.63) is 24.3 Å². The number of nitrogens with one attached hydrogen (secondary N) is 2. The Balaban J connectivity index is 2.07. The zero-order valence-corrected chi connectivity index (χ0v) is 14.2. The molecule has 1 heterocycles. The lowest BCUT2D eigenvalue weighted by molar-refractivity contribution is -0.124. The van der Waals surface area contributed by atoms with Crippen molar-refractivity contribution in [1.29, 1.82) is 0 Å². The number of benzene rings is 1. The number of anilines is 1. The highest BCUT2D eigenvalue weighted by molar-refractivity contribution is 7.89. The first-order chi connectivity index (χ1) is 10.7. The van der Waals surface area contributed by atoms with Crippen molar-refractivity contribution in [1.82, 2.24) is 4.72 Å². The van der Waals surface area contributed by atoms with Crippen molar-refractivity contribution in [3.8, 4) is 0 Å². The molecule has 2 rings (SSSR count). The molecule has 1 fully saturated rings. The molecule has 128 valence electrons. The van der Waals surface area contributed by atoms with Crippen LogP contribution in [0.2, 0.25) is 0 Å². The highest BCUT2D eigenvalue weighted by atomic mass is 32.2. The lowest BCUT2D eigenvalue weighted by atomic mass is 9.90. The maximum atomic E-state index is 12.3. The summed E-state index contributed by atoms with van der Waals surface area (Å²) in [5.74, 6) is -0.281. The lowest BCUT2D eigenvalue weighted by Crippen LogP contribution is -2.54. The summed E-state index contributed by atoms with van der Waals surface area (Å²) in [5.41, 5.74) is 5.67. The van der Waals surface area contributed by atoms with Gasteiger partial charge in [-0.05, 0) is 51.0 Å². The molecule has 1 saturated heterocycles. The first kappa shape index (κ1) is 17.9. The van der Waals surface area contributed by atoms with Gasteiger partial charge in [-0.3, -0.25) is 4.79 Å². The number of carbonyl (C=O) groups excluding carboxylic acids is 1. The minimum Gasteiger partial charge on any atom is -0.381 e. The van der Waals surface area contributed by atoms with Crippen molar-refractivity contribution in [2.24, 2.45) is 5.73 Å². The van der Waals surface area contributed by atoms with Crippen LogP contribution in [0.4, 0.5) is 5.69 Å². The fraction of sp³-hybridized carbons (Fsp3) is 0.533. The number of ether oxygens (including phenoxy) is 1. The summed E-state index contributed by atoms with van der Waals surface area (Å²) in [6.07, 6.45) is 0.924. The fourth-order valence-electron chi connectivity index (χ4n) is 2.31. The molecule has 4 N–H and O–H groups in total. The minimum atomic E-state index is -3.54. The van der Waals surface area contributed by atoms with Gasteiger partial charge in [-0.1, -0.05) is 0 Å². The molecule has 8 heteroatoms. The SMILES string of the molecule is CC(C)NS(=O)(=O)c1ccc(NC(=O)C2(N)CCOCC2)cc1. The molecular weight excluding hydrogens is 318 g/mol.